The fourth-order valence-electron chi connectivity index (χ4n) is 6.04. The molecule has 3 aromatic rings. The minimum atomic E-state index is -0.653. The second-order valence-electron chi connectivity index (χ2n) is 14.0. The Bertz CT molecular complexity index is 1360. The highest BCUT2D eigenvalue weighted by Gasteiger charge is 2.29. The van der Waals surface area contributed by atoms with E-state index >= 15 is 0 Å². The number of hydrogen-bond donors (Lipinski definition) is 0. The van der Waals surface area contributed by atoms with Crippen molar-refractivity contribution in [3.05, 3.63) is 116 Å². The molecule has 0 aliphatic heterocycles. The zero-order chi connectivity index (χ0) is 28.7. The summed E-state index contributed by atoms with van der Waals surface area (Å²) in [6, 6.07) is 21.9. The van der Waals surface area contributed by atoms with Crippen molar-refractivity contribution in [2.24, 2.45) is 0 Å². The fourth-order valence-corrected chi connectivity index (χ4v) is 8.31. The first-order valence-electron chi connectivity index (χ1n) is 15.0. The van der Waals surface area contributed by atoms with Crippen molar-refractivity contribution in [2.75, 3.05) is 0 Å². The second-order valence-corrected chi connectivity index (χ2v) is 15.9. The van der Waals surface area contributed by atoms with Gasteiger partial charge < -0.3 is 0 Å². The van der Waals surface area contributed by atoms with E-state index in [1.807, 2.05) is 0 Å². The Morgan fingerprint density at radius 3 is 1.62 bits per heavy atom. The summed E-state index contributed by atoms with van der Waals surface area (Å²) < 4.78 is 0. The van der Waals surface area contributed by atoms with Gasteiger partial charge in [0.2, 0.25) is 0 Å². The third-order valence-electron chi connectivity index (χ3n) is 8.49. The molecule has 0 aromatic heterocycles. The van der Waals surface area contributed by atoms with Crippen LogP contribution in [0.4, 0.5) is 0 Å². The molecule has 1 aliphatic rings. The fraction of sp³-hybridized carbons (Fsp3) is 0.421. The number of hydrogen-bond acceptors (Lipinski definition) is 0. The lowest BCUT2D eigenvalue weighted by molar-refractivity contribution is 0.566. The van der Waals surface area contributed by atoms with E-state index in [2.05, 4.69) is 137 Å². The van der Waals surface area contributed by atoms with Gasteiger partial charge in [-0.25, -0.2) is 0 Å². The summed E-state index contributed by atoms with van der Waals surface area (Å²) in [5.41, 5.74) is 14.7. The van der Waals surface area contributed by atoms with E-state index < -0.39 is 9.52 Å². The van der Waals surface area contributed by atoms with Gasteiger partial charge in [0.05, 0.1) is 9.52 Å². The number of benzene rings is 3. The summed E-state index contributed by atoms with van der Waals surface area (Å²) in [7, 11) is -0.653. The molecule has 0 saturated carbocycles. The van der Waals surface area contributed by atoms with Gasteiger partial charge in [-0.15, -0.1) is 0 Å². The molecule has 1 atom stereocenters. The zero-order valence-electron chi connectivity index (χ0n) is 26.5. The van der Waals surface area contributed by atoms with Crippen LogP contribution in [-0.2, 0) is 23.7 Å². The van der Waals surface area contributed by atoms with Crippen molar-refractivity contribution < 1.29 is 0 Å². The van der Waals surface area contributed by atoms with Crippen molar-refractivity contribution in [3.8, 4) is 0 Å². The average molecular weight is 535 g/mol. The lowest BCUT2D eigenvalue weighted by Gasteiger charge is -2.27. The highest BCUT2D eigenvalue weighted by Crippen LogP contribution is 2.44. The average Bonchev–Trinajstić information content (AvgIpc) is 3.17. The molecular weight excluding hydrogens is 485 g/mol. The number of rotatable bonds is 6. The first-order valence-corrected chi connectivity index (χ1v) is 16.4. The predicted molar refractivity (Wildman–Crippen MR) is 177 cm³/mol. The Morgan fingerprint density at radius 2 is 1.15 bits per heavy atom. The van der Waals surface area contributed by atoms with Crippen LogP contribution in [0.2, 0.25) is 0 Å². The summed E-state index contributed by atoms with van der Waals surface area (Å²) in [6.45, 7) is 25.5. The normalized spacial score (nSPS) is 16.5. The Labute approximate surface area is 241 Å². The maximum absolute atomic E-state index is 2.61. The van der Waals surface area contributed by atoms with Gasteiger partial charge in [-0.3, -0.25) is 0 Å². The van der Waals surface area contributed by atoms with Crippen LogP contribution in [0.25, 0.3) is 5.57 Å². The van der Waals surface area contributed by atoms with Crippen LogP contribution in [0, 0.1) is 13.8 Å². The monoisotopic (exact) mass is 534 g/mol. The van der Waals surface area contributed by atoms with Crippen LogP contribution < -0.4 is 5.19 Å². The van der Waals surface area contributed by atoms with Gasteiger partial charge in [-0.2, -0.15) is 0 Å². The van der Waals surface area contributed by atoms with Gasteiger partial charge in [-0.05, 0) is 83.4 Å². The minimum absolute atomic E-state index is 0.112. The van der Waals surface area contributed by atoms with Crippen LogP contribution in [0.15, 0.2) is 71.4 Å². The van der Waals surface area contributed by atoms with Crippen LogP contribution in [0.3, 0.4) is 0 Å². The molecular formula is C38H50Si. The van der Waals surface area contributed by atoms with E-state index in [4.69, 9.17) is 0 Å². The highest BCUT2D eigenvalue weighted by molar-refractivity contribution is 6.64. The minimum Gasteiger partial charge on any atom is -0.0652 e. The smallest absolute Gasteiger partial charge is 0.0652 e. The van der Waals surface area contributed by atoms with Gasteiger partial charge in [0.15, 0.2) is 0 Å². The van der Waals surface area contributed by atoms with Crippen LogP contribution in [0.5, 0.6) is 0 Å². The summed E-state index contributed by atoms with van der Waals surface area (Å²) in [5.74, 6) is 0.326. The first kappa shape index (κ1) is 29.3. The van der Waals surface area contributed by atoms with Gasteiger partial charge in [0.25, 0.3) is 0 Å². The Morgan fingerprint density at radius 1 is 0.641 bits per heavy atom. The highest BCUT2D eigenvalue weighted by atomic mass is 28.2. The van der Waals surface area contributed by atoms with Crippen LogP contribution in [0.1, 0.15) is 113 Å². The van der Waals surface area contributed by atoms with E-state index in [1.165, 1.54) is 50.1 Å². The molecule has 1 heteroatoms. The molecule has 39 heavy (non-hydrogen) atoms. The Kier molecular flexibility index (Phi) is 8.34. The molecule has 0 heterocycles. The summed E-state index contributed by atoms with van der Waals surface area (Å²) in [4.78, 5) is 0. The Balaban J connectivity index is 1.94. The Hall–Kier alpha value is -2.64. The third-order valence-corrected chi connectivity index (χ3v) is 10.6. The summed E-state index contributed by atoms with van der Waals surface area (Å²) in [5, 5.41) is 3.19. The van der Waals surface area contributed by atoms with E-state index in [0.717, 1.165) is 12.8 Å². The van der Waals surface area contributed by atoms with Gasteiger partial charge in [-0.1, -0.05) is 143 Å². The molecule has 0 bridgehead atoms. The summed E-state index contributed by atoms with van der Waals surface area (Å²) in [6.07, 6.45) is 4.77. The van der Waals surface area contributed by atoms with Crippen molar-refractivity contribution in [3.63, 3.8) is 0 Å². The molecule has 0 radical (unpaired) electrons. The second kappa shape index (κ2) is 11.1. The molecule has 4 rings (SSSR count). The largest absolute Gasteiger partial charge is 0.0883 e. The molecule has 3 aromatic carbocycles. The molecule has 0 spiro atoms. The molecule has 0 fully saturated rings. The lowest BCUT2D eigenvalue weighted by atomic mass is 9.77. The van der Waals surface area contributed by atoms with Crippen molar-refractivity contribution in [2.45, 2.75) is 106 Å². The SMILES string of the molecule is CCc1cc(CC)cc(C2=CC(c3cc(C(C)(C)C)cc(C(C)(C)C)c3)C(C)=C2[SiH2]c2cc(C)cc(C)c2)c1. The molecule has 0 N–H and O–H groups in total. The van der Waals surface area contributed by atoms with E-state index in [9.17, 15) is 0 Å². The van der Waals surface area contributed by atoms with E-state index in [1.54, 1.807) is 16.0 Å². The molecule has 0 saturated heterocycles. The van der Waals surface area contributed by atoms with E-state index in [0.29, 0.717) is 5.92 Å². The van der Waals surface area contributed by atoms with Crippen molar-refractivity contribution in [1.29, 1.82) is 0 Å². The molecule has 0 amide bonds. The first-order chi connectivity index (χ1) is 18.2. The van der Waals surface area contributed by atoms with Gasteiger partial charge in [0, 0.05) is 5.92 Å². The topological polar surface area (TPSA) is 0 Å². The van der Waals surface area contributed by atoms with Crippen molar-refractivity contribution >= 4 is 20.3 Å². The quantitative estimate of drug-likeness (QED) is 0.277. The third kappa shape index (κ3) is 6.57. The number of allylic oxidation sites excluding steroid dienone is 4. The molecule has 206 valence electrons. The molecule has 1 unspecified atom stereocenters. The molecule has 0 nitrogen and oxygen atoms in total. The molecule has 1 aliphatic carbocycles. The predicted octanol–water partition coefficient (Wildman–Crippen LogP) is 8.97. The van der Waals surface area contributed by atoms with Crippen molar-refractivity contribution in [1.82, 2.24) is 0 Å². The standard InChI is InChI=1S/C38H50Si/c1-12-27-17-28(13-2)19-29(18-27)35-23-34(26(5)36(35)39-33-15-24(3)14-25(4)16-33)30-20-31(37(6,7)8)22-32(21-30)38(9,10)11/h14-23,34H,12-13,39H2,1-11H3. The number of aryl methyl sites for hydroxylation is 4. The van der Waals surface area contributed by atoms with Crippen LogP contribution >= 0.6 is 0 Å². The summed E-state index contributed by atoms with van der Waals surface area (Å²) >= 11 is 0. The maximum Gasteiger partial charge on any atom is 0.0883 e. The van der Waals surface area contributed by atoms with E-state index in [-0.39, 0.29) is 10.8 Å². The maximum atomic E-state index is 2.61. The zero-order valence-corrected chi connectivity index (χ0v) is 27.9. The van der Waals surface area contributed by atoms with Crippen LogP contribution in [-0.4, -0.2) is 9.52 Å². The lowest BCUT2D eigenvalue weighted by Crippen LogP contribution is -2.19. The van der Waals surface area contributed by atoms with Gasteiger partial charge in [0.1, 0.15) is 0 Å². The van der Waals surface area contributed by atoms with Gasteiger partial charge >= 0.3 is 0 Å².